The number of methoxy groups -OCH3 is 1. The third-order valence-electron chi connectivity index (χ3n) is 2.36. The summed E-state index contributed by atoms with van der Waals surface area (Å²) in [5, 5.41) is 9.59. The van der Waals surface area contributed by atoms with Crippen LogP contribution in [-0.4, -0.2) is 12.2 Å². The van der Waals surface area contributed by atoms with E-state index in [-0.39, 0.29) is 24.2 Å². The average molecular weight is 246 g/mol. The number of halogens is 1. The Hall–Kier alpha value is -0.930. The highest BCUT2D eigenvalue weighted by Gasteiger charge is 2.10. The van der Waals surface area contributed by atoms with E-state index in [1.165, 1.54) is 7.11 Å². The molecular formula is C12H20ClNO2. The van der Waals surface area contributed by atoms with Gasteiger partial charge in [-0.05, 0) is 30.0 Å². The van der Waals surface area contributed by atoms with E-state index in [9.17, 15) is 5.11 Å². The zero-order valence-corrected chi connectivity index (χ0v) is 10.8. The third-order valence-corrected chi connectivity index (χ3v) is 2.36. The Morgan fingerprint density at radius 1 is 1.38 bits per heavy atom. The fraction of sp³-hybridized carbons (Fsp3) is 0.500. The van der Waals surface area contributed by atoms with Crippen LogP contribution in [-0.2, 0) is 0 Å². The Kier molecular flexibility index (Phi) is 6.22. The van der Waals surface area contributed by atoms with Gasteiger partial charge in [-0.2, -0.15) is 0 Å². The van der Waals surface area contributed by atoms with Crippen molar-refractivity contribution in [2.75, 3.05) is 7.11 Å². The molecule has 16 heavy (non-hydrogen) atoms. The Morgan fingerprint density at radius 2 is 2.00 bits per heavy atom. The maximum absolute atomic E-state index is 9.59. The number of nitrogens with two attached hydrogens (primary N) is 1. The molecule has 1 aromatic carbocycles. The maximum atomic E-state index is 9.59. The van der Waals surface area contributed by atoms with Crippen molar-refractivity contribution in [3.8, 4) is 11.5 Å². The first-order valence-electron chi connectivity index (χ1n) is 5.17. The first-order valence-corrected chi connectivity index (χ1v) is 5.17. The minimum atomic E-state index is -0.0261. The summed E-state index contributed by atoms with van der Waals surface area (Å²) in [6, 6.07) is 5.28. The van der Waals surface area contributed by atoms with Crippen LogP contribution in [0.4, 0.5) is 0 Å². The number of aromatic hydroxyl groups is 1. The Bertz CT molecular complexity index is 329. The second-order valence-corrected chi connectivity index (χ2v) is 4.17. The zero-order valence-electron chi connectivity index (χ0n) is 9.93. The van der Waals surface area contributed by atoms with Gasteiger partial charge in [0.1, 0.15) is 0 Å². The van der Waals surface area contributed by atoms with Gasteiger partial charge in [0.25, 0.3) is 0 Å². The van der Waals surface area contributed by atoms with Crippen LogP contribution in [0.25, 0.3) is 0 Å². The van der Waals surface area contributed by atoms with Gasteiger partial charge in [-0.3, -0.25) is 0 Å². The minimum absolute atomic E-state index is 0. The van der Waals surface area contributed by atoms with Crippen LogP contribution in [0.1, 0.15) is 31.9 Å². The first kappa shape index (κ1) is 15.1. The van der Waals surface area contributed by atoms with Gasteiger partial charge in [0.15, 0.2) is 11.5 Å². The molecule has 4 heteroatoms. The van der Waals surface area contributed by atoms with E-state index in [0.717, 1.165) is 12.0 Å². The molecule has 0 amide bonds. The molecule has 0 aliphatic carbocycles. The van der Waals surface area contributed by atoms with E-state index in [2.05, 4.69) is 13.8 Å². The van der Waals surface area contributed by atoms with Crippen molar-refractivity contribution in [1.82, 2.24) is 0 Å². The number of phenols is 1. The lowest BCUT2D eigenvalue weighted by Gasteiger charge is -2.15. The smallest absolute Gasteiger partial charge is 0.160 e. The van der Waals surface area contributed by atoms with Gasteiger partial charge >= 0.3 is 0 Å². The predicted octanol–water partition coefficient (Wildman–Crippen LogP) is 2.87. The van der Waals surface area contributed by atoms with Crippen LogP contribution in [0.3, 0.4) is 0 Å². The summed E-state index contributed by atoms with van der Waals surface area (Å²) in [5.74, 6) is 1.17. The molecule has 3 N–H and O–H groups in total. The van der Waals surface area contributed by atoms with E-state index in [1.807, 2.05) is 6.07 Å². The van der Waals surface area contributed by atoms with Gasteiger partial charge in [-0.1, -0.05) is 19.9 Å². The second kappa shape index (κ2) is 6.61. The average Bonchev–Trinajstić information content (AvgIpc) is 2.16. The summed E-state index contributed by atoms with van der Waals surface area (Å²) in [7, 11) is 1.53. The maximum Gasteiger partial charge on any atom is 0.160 e. The van der Waals surface area contributed by atoms with Crippen molar-refractivity contribution in [3.63, 3.8) is 0 Å². The van der Waals surface area contributed by atoms with Crippen molar-refractivity contribution in [2.24, 2.45) is 11.7 Å². The predicted molar refractivity (Wildman–Crippen MR) is 68.3 cm³/mol. The van der Waals surface area contributed by atoms with Crippen molar-refractivity contribution in [1.29, 1.82) is 0 Å². The van der Waals surface area contributed by atoms with E-state index in [0.29, 0.717) is 11.7 Å². The molecule has 0 radical (unpaired) electrons. The van der Waals surface area contributed by atoms with Gasteiger partial charge in [-0.25, -0.2) is 0 Å². The molecule has 92 valence electrons. The molecule has 1 atom stereocenters. The number of phenolic OH excluding ortho intramolecular Hbond substituents is 1. The van der Waals surface area contributed by atoms with Crippen molar-refractivity contribution < 1.29 is 9.84 Å². The molecule has 0 aliphatic rings. The lowest BCUT2D eigenvalue weighted by atomic mass is 9.97. The van der Waals surface area contributed by atoms with E-state index in [4.69, 9.17) is 10.5 Å². The summed E-state index contributed by atoms with van der Waals surface area (Å²) in [6.45, 7) is 4.26. The summed E-state index contributed by atoms with van der Waals surface area (Å²) < 4.78 is 4.97. The van der Waals surface area contributed by atoms with Gasteiger partial charge in [0, 0.05) is 6.04 Å². The van der Waals surface area contributed by atoms with Gasteiger partial charge < -0.3 is 15.6 Å². The minimum Gasteiger partial charge on any atom is -0.504 e. The molecule has 0 bridgehead atoms. The van der Waals surface area contributed by atoms with Crippen LogP contribution in [0.15, 0.2) is 18.2 Å². The molecule has 1 rings (SSSR count). The molecule has 0 aromatic heterocycles. The number of hydrogen-bond donors (Lipinski definition) is 2. The highest BCUT2D eigenvalue weighted by molar-refractivity contribution is 5.85. The van der Waals surface area contributed by atoms with Crippen LogP contribution >= 0.6 is 12.4 Å². The summed E-state index contributed by atoms with van der Waals surface area (Å²) in [6.07, 6.45) is 0.909. The van der Waals surface area contributed by atoms with E-state index < -0.39 is 0 Å². The van der Waals surface area contributed by atoms with Crippen LogP contribution in [0, 0.1) is 5.92 Å². The first-order chi connectivity index (χ1) is 7.04. The normalized spacial score (nSPS) is 12.1. The largest absolute Gasteiger partial charge is 0.504 e. The SMILES string of the molecule is COc1ccc([C@H](N)CC(C)C)cc1O.Cl. The topological polar surface area (TPSA) is 55.5 Å². The molecule has 0 spiro atoms. The summed E-state index contributed by atoms with van der Waals surface area (Å²) >= 11 is 0. The van der Waals surface area contributed by atoms with Gasteiger partial charge in [-0.15, -0.1) is 12.4 Å². The third kappa shape index (κ3) is 3.91. The fourth-order valence-electron chi connectivity index (χ4n) is 1.58. The molecule has 0 aliphatic heterocycles. The summed E-state index contributed by atoms with van der Waals surface area (Å²) in [5.41, 5.74) is 6.95. The molecule has 0 heterocycles. The summed E-state index contributed by atoms with van der Waals surface area (Å²) in [4.78, 5) is 0. The van der Waals surface area contributed by atoms with E-state index in [1.54, 1.807) is 12.1 Å². The molecular weight excluding hydrogens is 226 g/mol. The Labute approximate surface area is 103 Å². The monoisotopic (exact) mass is 245 g/mol. The highest BCUT2D eigenvalue weighted by atomic mass is 35.5. The van der Waals surface area contributed by atoms with Crippen molar-refractivity contribution in [2.45, 2.75) is 26.3 Å². The second-order valence-electron chi connectivity index (χ2n) is 4.17. The van der Waals surface area contributed by atoms with E-state index >= 15 is 0 Å². The van der Waals surface area contributed by atoms with Crippen LogP contribution < -0.4 is 10.5 Å². The van der Waals surface area contributed by atoms with Crippen molar-refractivity contribution in [3.05, 3.63) is 23.8 Å². The standard InChI is InChI=1S/C12H19NO2.ClH/c1-8(2)6-10(13)9-4-5-12(15-3)11(14)7-9;/h4-5,7-8,10,14H,6,13H2,1-3H3;1H/t10-;/m1./s1. The number of benzene rings is 1. The lowest BCUT2D eigenvalue weighted by molar-refractivity contribution is 0.372. The highest BCUT2D eigenvalue weighted by Crippen LogP contribution is 2.29. The Balaban J connectivity index is 0.00000225. The molecule has 0 unspecified atom stereocenters. The number of rotatable bonds is 4. The number of ether oxygens (including phenoxy) is 1. The van der Waals surface area contributed by atoms with Crippen LogP contribution in [0.2, 0.25) is 0 Å². The van der Waals surface area contributed by atoms with Crippen molar-refractivity contribution >= 4 is 12.4 Å². The number of hydrogen-bond acceptors (Lipinski definition) is 3. The quantitative estimate of drug-likeness (QED) is 0.858. The molecule has 1 aromatic rings. The van der Waals surface area contributed by atoms with Gasteiger partial charge in [0.05, 0.1) is 7.11 Å². The molecule has 0 fully saturated rings. The fourth-order valence-corrected chi connectivity index (χ4v) is 1.58. The Morgan fingerprint density at radius 3 is 2.44 bits per heavy atom. The molecule has 0 saturated carbocycles. The zero-order chi connectivity index (χ0) is 11.4. The van der Waals surface area contributed by atoms with Crippen LogP contribution in [0.5, 0.6) is 11.5 Å². The molecule has 3 nitrogen and oxygen atoms in total. The molecule has 0 saturated heterocycles. The van der Waals surface area contributed by atoms with Gasteiger partial charge in [0.2, 0.25) is 0 Å². The lowest BCUT2D eigenvalue weighted by Crippen LogP contribution is -2.12.